The first-order valence-corrected chi connectivity index (χ1v) is 8.45. The maximum absolute atomic E-state index is 13.6. The summed E-state index contributed by atoms with van der Waals surface area (Å²) < 4.78 is 36.9. The second kappa shape index (κ2) is 9.12. The summed E-state index contributed by atoms with van der Waals surface area (Å²) in [4.78, 5) is 23.9. The number of anilines is 1. The van der Waals surface area contributed by atoms with Crippen LogP contribution in [0.4, 0.5) is 14.5 Å². The molecule has 5 nitrogen and oxygen atoms in total. The van der Waals surface area contributed by atoms with Crippen molar-refractivity contribution in [2.75, 3.05) is 11.9 Å². The predicted octanol–water partition coefficient (Wildman–Crippen LogP) is 4.04. The average Bonchev–Trinajstić information content (AvgIpc) is 2.62. The van der Waals surface area contributed by atoms with Gasteiger partial charge in [-0.05, 0) is 36.6 Å². The third-order valence-corrected chi connectivity index (χ3v) is 3.75. The Bertz CT molecular complexity index is 823. The van der Waals surface area contributed by atoms with Gasteiger partial charge in [0, 0.05) is 6.07 Å². The quantitative estimate of drug-likeness (QED) is 0.740. The maximum Gasteiger partial charge on any atom is 0.344 e. The zero-order valence-electron chi connectivity index (χ0n) is 15.3. The van der Waals surface area contributed by atoms with Gasteiger partial charge >= 0.3 is 5.97 Å². The highest BCUT2D eigenvalue weighted by atomic mass is 19.1. The summed E-state index contributed by atoms with van der Waals surface area (Å²) in [5.41, 5.74) is 0.745. The number of hydrogen-bond acceptors (Lipinski definition) is 4. The second-order valence-electron chi connectivity index (χ2n) is 6.23. The molecule has 0 aliphatic heterocycles. The molecule has 0 spiro atoms. The van der Waals surface area contributed by atoms with Crippen LogP contribution >= 0.6 is 0 Å². The molecule has 7 heteroatoms. The van der Waals surface area contributed by atoms with Gasteiger partial charge in [-0.15, -0.1) is 0 Å². The van der Waals surface area contributed by atoms with Crippen molar-refractivity contribution >= 4 is 17.6 Å². The van der Waals surface area contributed by atoms with Gasteiger partial charge < -0.3 is 14.8 Å². The molecule has 1 atom stereocenters. The van der Waals surface area contributed by atoms with Crippen LogP contribution in [-0.4, -0.2) is 24.6 Å². The number of rotatable bonds is 7. The van der Waals surface area contributed by atoms with Crippen LogP contribution in [0.15, 0.2) is 42.5 Å². The standard InChI is InChI=1S/C20H21F2NO4/c1-12(2)15-6-4-5-7-18(15)26-11-19(24)27-13(3)20(25)23-17-9-8-14(21)10-16(17)22/h4-10,12-13H,11H2,1-3H3,(H,23,25)/t13-/m1/s1. The van der Waals surface area contributed by atoms with Crippen LogP contribution < -0.4 is 10.1 Å². The molecule has 0 aromatic heterocycles. The van der Waals surface area contributed by atoms with Gasteiger partial charge in [-0.25, -0.2) is 13.6 Å². The van der Waals surface area contributed by atoms with Crippen LogP contribution in [0.5, 0.6) is 5.75 Å². The molecule has 0 heterocycles. The van der Waals surface area contributed by atoms with Gasteiger partial charge in [-0.2, -0.15) is 0 Å². The van der Waals surface area contributed by atoms with Crippen molar-refractivity contribution in [1.82, 2.24) is 0 Å². The summed E-state index contributed by atoms with van der Waals surface area (Å²) >= 11 is 0. The van der Waals surface area contributed by atoms with Gasteiger partial charge in [0.1, 0.15) is 17.4 Å². The van der Waals surface area contributed by atoms with Gasteiger partial charge in [0.15, 0.2) is 12.7 Å². The molecule has 27 heavy (non-hydrogen) atoms. The monoisotopic (exact) mass is 377 g/mol. The molecule has 2 rings (SSSR count). The van der Waals surface area contributed by atoms with Gasteiger partial charge in [0.25, 0.3) is 5.91 Å². The summed E-state index contributed by atoms with van der Waals surface area (Å²) in [6.07, 6.45) is -1.18. The summed E-state index contributed by atoms with van der Waals surface area (Å²) in [7, 11) is 0. The van der Waals surface area contributed by atoms with E-state index in [1.54, 1.807) is 12.1 Å². The number of amides is 1. The van der Waals surface area contributed by atoms with Gasteiger partial charge in [-0.1, -0.05) is 32.0 Å². The normalized spacial score (nSPS) is 11.8. The van der Waals surface area contributed by atoms with Crippen LogP contribution in [0.3, 0.4) is 0 Å². The van der Waals surface area contributed by atoms with E-state index in [4.69, 9.17) is 9.47 Å². The minimum Gasteiger partial charge on any atom is -0.482 e. The van der Waals surface area contributed by atoms with Crippen LogP contribution in [0.1, 0.15) is 32.3 Å². The Kier molecular flexibility index (Phi) is 6.87. The highest BCUT2D eigenvalue weighted by Gasteiger charge is 2.20. The summed E-state index contributed by atoms with van der Waals surface area (Å²) in [5.74, 6) is -2.38. The molecule has 0 fully saturated rings. The lowest BCUT2D eigenvalue weighted by Crippen LogP contribution is -2.32. The van der Waals surface area contributed by atoms with Crippen LogP contribution in [0.2, 0.25) is 0 Å². The van der Waals surface area contributed by atoms with Gasteiger partial charge in [-0.3, -0.25) is 4.79 Å². The zero-order valence-corrected chi connectivity index (χ0v) is 15.3. The van der Waals surface area contributed by atoms with Crippen molar-refractivity contribution in [1.29, 1.82) is 0 Å². The minimum atomic E-state index is -1.18. The molecule has 0 unspecified atom stereocenters. The Hall–Kier alpha value is -2.96. The minimum absolute atomic E-state index is 0.202. The number of carbonyl (C=O) groups excluding carboxylic acids is 2. The number of halogens is 2. The number of carbonyl (C=O) groups is 2. The fraction of sp³-hybridized carbons (Fsp3) is 0.300. The van der Waals surface area contributed by atoms with Crippen LogP contribution in [-0.2, 0) is 14.3 Å². The fourth-order valence-electron chi connectivity index (χ4n) is 2.34. The molecule has 2 aromatic carbocycles. The number of esters is 1. The SMILES string of the molecule is CC(C)c1ccccc1OCC(=O)O[C@H](C)C(=O)Nc1ccc(F)cc1F. The molecule has 0 bridgehead atoms. The lowest BCUT2D eigenvalue weighted by Gasteiger charge is -2.16. The molecule has 144 valence electrons. The van der Waals surface area contributed by atoms with Crippen molar-refractivity contribution in [2.45, 2.75) is 32.8 Å². The first-order chi connectivity index (χ1) is 12.8. The predicted molar refractivity (Wildman–Crippen MR) is 96.6 cm³/mol. The number of nitrogens with one attached hydrogen (secondary N) is 1. The van der Waals surface area contributed by atoms with Crippen LogP contribution in [0.25, 0.3) is 0 Å². The molecule has 1 N–H and O–H groups in total. The first kappa shape index (κ1) is 20.4. The van der Waals surface area contributed by atoms with Gasteiger partial charge in [0.2, 0.25) is 0 Å². The van der Waals surface area contributed by atoms with Crippen molar-refractivity contribution in [3.05, 3.63) is 59.7 Å². The molecule has 0 saturated carbocycles. The van der Waals surface area contributed by atoms with Gasteiger partial charge in [0.05, 0.1) is 5.69 Å². The number of ether oxygens (including phenoxy) is 2. The second-order valence-corrected chi connectivity index (χ2v) is 6.23. The topological polar surface area (TPSA) is 64.6 Å². The number of benzene rings is 2. The van der Waals surface area contributed by atoms with E-state index in [1.807, 2.05) is 26.0 Å². The molecule has 0 aliphatic carbocycles. The maximum atomic E-state index is 13.6. The lowest BCUT2D eigenvalue weighted by atomic mass is 10.0. The molecule has 0 aliphatic rings. The fourth-order valence-corrected chi connectivity index (χ4v) is 2.34. The lowest BCUT2D eigenvalue weighted by molar-refractivity contribution is -0.155. The van der Waals surface area contributed by atoms with E-state index >= 15 is 0 Å². The van der Waals surface area contributed by atoms with Crippen molar-refractivity contribution in [3.8, 4) is 5.75 Å². The number of para-hydroxylation sites is 1. The van der Waals surface area contributed by atoms with Crippen LogP contribution in [0, 0.1) is 11.6 Å². The Balaban J connectivity index is 1.89. The molecule has 1 amide bonds. The van der Waals surface area contributed by atoms with E-state index in [2.05, 4.69) is 5.32 Å². The Morgan fingerprint density at radius 2 is 1.78 bits per heavy atom. The molecule has 2 aromatic rings. The molecule has 0 radical (unpaired) electrons. The van der Waals surface area contributed by atoms with Crippen molar-refractivity contribution in [3.63, 3.8) is 0 Å². The average molecular weight is 377 g/mol. The summed E-state index contributed by atoms with van der Waals surface area (Å²) in [6, 6.07) is 10.1. The highest BCUT2D eigenvalue weighted by Crippen LogP contribution is 2.25. The molecular weight excluding hydrogens is 356 g/mol. The van der Waals surface area contributed by atoms with E-state index in [-0.39, 0.29) is 18.2 Å². The smallest absolute Gasteiger partial charge is 0.344 e. The van der Waals surface area contributed by atoms with E-state index in [0.29, 0.717) is 11.8 Å². The molecular formula is C20H21F2NO4. The van der Waals surface area contributed by atoms with Crippen molar-refractivity contribution in [2.24, 2.45) is 0 Å². The highest BCUT2D eigenvalue weighted by molar-refractivity contribution is 5.95. The number of hydrogen-bond donors (Lipinski definition) is 1. The Morgan fingerprint density at radius 1 is 1.07 bits per heavy atom. The summed E-state index contributed by atoms with van der Waals surface area (Å²) in [6.45, 7) is 4.98. The largest absolute Gasteiger partial charge is 0.482 e. The Morgan fingerprint density at radius 3 is 2.44 bits per heavy atom. The Labute approximate surface area is 156 Å². The summed E-state index contributed by atoms with van der Waals surface area (Å²) in [5, 5.41) is 2.24. The van der Waals surface area contributed by atoms with E-state index < -0.39 is 29.6 Å². The first-order valence-electron chi connectivity index (χ1n) is 8.45. The molecule has 0 saturated heterocycles. The van der Waals surface area contributed by atoms with Crippen molar-refractivity contribution < 1.29 is 27.8 Å². The third-order valence-electron chi connectivity index (χ3n) is 3.75. The third kappa shape index (κ3) is 5.77. The van der Waals surface area contributed by atoms with E-state index in [1.165, 1.54) is 6.92 Å². The zero-order chi connectivity index (χ0) is 20.0. The van der Waals surface area contributed by atoms with E-state index in [0.717, 1.165) is 17.7 Å². The van der Waals surface area contributed by atoms with E-state index in [9.17, 15) is 18.4 Å².